The second kappa shape index (κ2) is 24.6. The van der Waals surface area contributed by atoms with E-state index in [1.807, 2.05) is 48.5 Å². The number of nitrogens with one attached hydrogen (secondary N) is 2. The number of aliphatic hydroxyl groups excluding tert-OH is 3. The highest BCUT2D eigenvalue weighted by atomic mass is 32.2. The predicted octanol–water partition coefficient (Wildman–Crippen LogP) is 8.06. The largest absolute Gasteiger partial charge is 0.389 e. The van der Waals surface area contributed by atoms with E-state index >= 15 is 0 Å². The number of rotatable bonds is 16. The molecule has 2 saturated heterocycles. The number of carbonyl (C=O) groups is 2. The second-order valence-corrected chi connectivity index (χ2v) is 25.2. The van der Waals surface area contributed by atoms with E-state index in [9.17, 15) is 41.7 Å². The number of sulfone groups is 2. The van der Waals surface area contributed by atoms with Crippen molar-refractivity contribution in [3.63, 3.8) is 0 Å². The molecule has 15 heteroatoms. The van der Waals surface area contributed by atoms with Gasteiger partial charge in [-0.2, -0.15) is 0 Å². The van der Waals surface area contributed by atoms with Gasteiger partial charge in [-0.3, -0.25) is 19.4 Å². The average Bonchev–Trinajstić information content (AvgIpc) is 3.43. The van der Waals surface area contributed by atoms with Crippen molar-refractivity contribution < 1.29 is 41.7 Å². The van der Waals surface area contributed by atoms with Gasteiger partial charge in [-0.25, -0.2) is 16.8 Å². The summed E-state index contributed by atoms with van der Waals surface area (Å²) in [6, 6.07) is 37.2. The normalized spacial score (nSPS) is 19.7. The van der Waals surface area contributed by atoms with E-state index in [0.29, 0.717) is 0 Å². The Balaban J connectivity index is 0.000000184. The Morgan fingerprint density at radius 2 is 0.973 bits per heavy atom. The van der Waals surface area contributed by atoms with Crippen LogP contribution in [0.15, 0.2) is 131 Å². The Morgan fingerprint density at radius 3 is 1.47 bits per heavy atom. The van der Waals surface area contributed by atoms with Crippen LogP contribution in [-0.2, 0) is 55.2 Å². The summed E-state index contributed by atoms with van der Waals surface area (Å²) in [5.74, 6) is -2.31. The van der Waals surface area contributed by atoms with Crippen LogP contribution in [0.2, 0.25) is 0 Å². The van der Waals surface area contributed by atoms with Crippen molar-refractivity contribution >= 4 is 53.0 Å². The lowest BCUT2D eigenvalue weighted by atomic mass is 9.86. The first-order chi connectivity index (χ1) is 36.2. The highest BCUT2D eigenvalue weighted by Crippen LogP contribution is 2.33. The summed E-state index contributed by atoms with van der Waals surface area (Å²) in [7, 11) is -7.55. The highest BCUT2D eigenvalue weighted by molar-refractivity contribution is 7.91. The number of hydrogen-bond donors (Lipinski definition) is 5. The number of carbonyl (C=O) groups excluding carboxylic acids is 2. The third-order valence-corrected chi connectivity index (χ3v) is 19.0. The molecule has 6 aromatic carbocycles. The first kappa shape index (κ1) is 54.3. The number of piperidine rings is 2. The third-order valence-electron chi connectivity index (χ3n) is 15.5. The van der Waals surface area contributed by atoms with Crippen molar-refractivity contribution in [3.8, 4) is 0 Å². The lowest BCUT2D eigenvalue weighted by Crippen LogP contribution is -2.46. The summed E-state index contributed by atoms with van der Waals surface area (Å²) in [6.07, 6.45) is 7.87. The number of benzene rings is 6. The number of hydrogen-bond acceptors (Lipinski definition) is 11. The van der Waals surface area contributed by atoms with Gasteiger partial charge in [-0.1, -0.05) is 110 Å². The molecule has 0 saturated carbocycles. The maximum Gasteiger partial charge on any atom is 0.252 e. The molecule has 75 heavy (non-hydrogen) atoms. The van der Waals surface area contributed by atoms with E-state index in [4.69, 9.17) is 0 Å². The van der Waals surface area contributed by atoms with Crippen molar-refractivity contribution in [2.24, 2.45) is 0 Å². The van der Waals surface area contributed by atoms with Gasteiger partial charge >= 0.3 is 0 Å². The van der Waals surface area contributed by atoms with Gasteiger partial charge in [-0.05, 0) is 176 Å². The Hall–Kier alpha value is -5.52. The minimum absolute atomic E-state index is 0.0458. The molecule has 0 spiro atoms. The van der Waals surface area contributed by atoms with E-state index in [1.165, 1.54) is 66.8 Å². The van der Waals surface area contributed by atoms with Crippen LogP contribution in [0.4, 0.5) is 0 Å². The lowest BCUT2D eigenvalue weighted by Gasteiger charge is -2.30. The Bertz CT molecular complexity index is 3190. The van der Waals surface area contributed by atoms with Gasteiger partial charge in [0.05, 0.1) is 33.4 Å². The number of nitrogens with zero attached hydrogens (tertiary/aromatic N) is 2. The topological polar surface area (TPSA) is 194 Å². The molecule has 2 aliphatic heterocycles. The molecular weight excluding hydrogens is 985 g/mol. The fourth-order valence-corrected chi connectivity index (χ4v) is 14.1. The zero-order valence-corrected chi connectivity index (χ0v) is 44.4. The van der Waals surface area contributed by atoms with Gasteiger partial charge in [0, 0.05) is 13.1 Å². The van der Waals surface area contributed by atoms with Gasteiger partial charge in [0.1, 0.15) is 12.2 Å². The molecule has 398 valence electrons. The van der Waals surface area contributed by atoms with Gasteiger partial charge in [0.15, 0.2) is 25.8 Å². The zero-order valence-electron chi connectivity index (χ0n) is 42.8. The standard InChI is InChI=1S/C30H36N2O5S.C30H36N2O4S/c33-28(20-38(36,37)25-13-12-22-7-2-3-8-23(22)18-25)29(34)30(35)31-27-10-6-9-24-17-21(11-14-26(24)27)19-32-15-4-1-5-16-32;33-29(15-18-37(35,36)26-13-12-23-7-2-3-8-24(23)20-26)30(34)31-28-10-6-9-25-19-22(11-14-27(25)28)21-32-16-4-1-5-17-32/h2-3,7-8,11-14,17-18,27-29,33-34H,1,4-6,9-10,15-16,19-20H2,(H,31,35);2-3,7-8,11-14,19-20,28-29,33H,1,4-6,9-10,15-18,21H2,(H,31,34)/t27-,28-,29-;28-,29-/m11/s1. The van der Waals surface area contributed by atoms with Crippen LogP contribution in [0, 0.1) is 0 Å². The summed E-state index contributed by atoms with van der Waals surface area (Å²) < 4.78 is 51.6. The molecule has 10 rings (SSSR count). The lowest BCUT2D eigenvalue weighted by molar-refractivity contribution is -0.135. The molecule has 5 atom stereocenters. The summed E-state index contributed by atoms with van der Waals surface area (Å²) in [4.78, 5) is 30.9. The molecule has 2 fully saturated rings. The van der Waals surface area contributed by atoms with Crippen LogP contribution < -0.4 is 10.6 Å². The molecule has 6 aromatic rings. The fraction of sp³-hybridized carbons (Fsp3) is 0.433. The van der Waals surface area contributed by atoms with Crippen molar-refractivity contribution in [1.29, 1.82) is 0 Å². The van der Waals surface area contributed by atoms with Crippen LogP contribution in [0.25, 0.3) is 21.5 Å². The van der Waals surface area contributed by atoms with E-state index in [1.54, 1.807) is 30.3 Å². The molecule has 0 bridgehead atoms. The number of fused-ring (bicyclic) bond motifs is 4. The highest BCUT2D eigenvalue weighted by Gasteiger charge is 2.33. The first-order valence-electron chi connectivity index (χ1n) is 27.0. The number of aliphatic hydroxyl groups is 3. The third kappa shape index (κ3) is 13.9. The molecule has 0 unspecified atom stereocenters. The van der Waals surface area contributed by atoms with E-state index in [2.05, 4.69) is 56.8 Å². The SMILES string of the molecule is O=C(N[C@@H]1CCCc2cc(CN3CCCCC3)ccc21)[C@H](O)CCS(=O)(=O)c1ccc2ccccc2c1.O=C(N[C@@H]1CCCc2cc(CN3CCCCC3)ccc21)[C@H](O)[C@H](O)CS(=O)(=O)c1ccc2ccccc2c1. The smallest absolute Gasteiger partial charge is 0.252 e. The van der Waals surface area contributed by atoms with Crippen molar-refractivity contribution in [1.82, 2.24) is 20.4 Å². The average molecular weight is 1060 g/mol. The summed E-state index contributed by atoms with van der Waals surface area (Å²) in [6.45, 7) is 6.48. The van der Waals surface area contributed by atoms with Gasteiger partial charge < -0.3 is 26.0 Å². The molecular formula is C60H72N4O9S2. The van der Waals surface area contributed by atoms with Gasteiger partial charge in [0.2, 0.25) is 5.91 Å². The predicted molar refractivity (Wildman–Crippen MR) is 293 cm³/mol. The maximum absolute atomic E-state index is 12.9. The first-order valence-corrected chi connectivity index (χ1v) is 30.3. The zero-order chi connectivity index (χ0) is 52.5. The van der Waals surface area contributed by atoms with Crippen molar-refractivity contribution in [2.45, 2.75) is 137 Å². The number of amides is 2. The molecule has 0 radical (unpaired) electrons. The van der Waals surface area contributed by atoms with Crippen LogP contribution >= 0.6 is 0 Å². The molecule has 0 aromatic heterocycles. The van der Waals surface area contributed by atoms with E-state index in [-0.39, 0.29) is 34.0 Å². The number of likely N-dealkylation sites (tertiary alicyclic amines) is 2. The molecule has 2 amide bonds. The molecule has 2 heterocycles. The minimum Gasteiger partial charge on any atom is -0.389 e. The fourth-order valence-electron chi connectivity index (χ4n) is 11.3. The van der Waals surface area contributed by atoms with Crippen molar-refractivity contribution in [2.75, 3.05) is 37.7 Å². The Kier molecular flexibility index (Phi) is 17.8. The van der Waals surface area contributed by atoms with Gasteiger partial charge in [0.25, 0.3) is 5.91 Å². The summed E-state index contributed by atoms with van der Waals surface area (Å²) in [5, 5.41) is 40.9. The summed E-state index contributed by atoms with van der Waals surface area (Å²) in [5.41, 5.74) is 7.18. The summed E-state index contributed by atoms with van der Waals surface area (Å²) >= 11 is 0. The molecule has 5 N–H and O–H groups in total. The van der Waals surface area contributed by atoms with Gasteiger partial charge in [-0.15, -0.1) is 0 Å². The van der Waals surface area contributed by atoms with Crippen LogP contribution in [0.3, 0.4) is 0 Å². The van der Waals surface area contributed by atoms with Crippen LogP contribution in [-0.4, -0.2) is 110 Å². The molecule has 13 nitrogen and oxygen atoms in total. The van der Waals surface area contributed by atoms with E-state index in [0.717, 1.165) is 110 Å². The maximum atomic E-state index is 12.9. The van der Waals surface area contributed by atoms with Crippen LogP contribution in [0.1, 0.15) is 116 Å². The monoisotopic (exact) mass is 1060 g/mol. The number of aryl methyl sites for hydroxylation is 2. The second-order valence-electron chi connectivity index (χ2n) is 21.1. The quantitative estimate of drug-likeness (QED) is 0.0630. The Labute approximate surface area is 442 Å². The minimum atomic E-state index is -3.92. The van der Waals surface area contributed by atoms with Crippen molar-refractivity contribution in [3.05, 3.63) is 155 Å². The molecule has 4 aliphatic rings. The van der Waals surface area contributed by atoms with Crippen LogP contribution in [0.5, 0.6) is 0 Å². The molecule has 2 aliphatic carbocycles. The Morgan fingerprint density at radius 1 is 0.520 bits per heavy atom. The van der Waals surface area contributed by atoms with E-state index < -0.39 is 55.6 Å².